The molecule has 1 aromatic heterocycles. The number of aromatic nitrogens is 1. The maximum atomic E-state index is 13.5. The van der Waals surface area contributed by atoms with Gasteiger partial charge in [0.25, 0.3) is 5.91 Å². The second-order valence-corrected chi connectivity index (χ2v) is 6.91. The van der Waals surface area contributed by atoms with Crippen LogP contribution in [-0.2, 0) is 16.1 Å². The van der Waals surface area contributed by atoms with Crippen LogP contribution in [0.4, 0.5) is 4.39 Å². The number of amides is 1. The van der Waals surface area contributed by atoms with Gasteiger partial charge in [-0.3, -0.25) is 9.69 Å². The van der Waals surface area contributed by atoms with Crippen LogP contribution in [0.2, 0.25) is 0 Å². The molecule has 0 saturated carbocycles. The molecule has 0 spiro atoms. The zero-order valence-corrected chi connectivity index (χ0v) is 14.6. The minimum absolute atomic E-state index is 0.0253. The zero-order valence-electron chi connectivity index (χ0n) is 14.6. The molecule has 3 rings (SSSR count). The molecule has 0 unspecified atom stereocenters. The summed E-state index contributed by atoms with van der Waals surface area (Å²) in [6.45, 7) is 6.34. The van der Waals surface area contributed by atoms with E-state index in [9.17, 15) is 9.18 Å². The zero-order chi connectivity index (χ0) is 17.5. The number of hydrogen-bond acceptors (Lipinski definition) is 3. The summed E-state index contributed by atoms with van der Waals surface area (Å²) in [6, 6.07) is 4.79. The Morgan fingerprint density at radius 3 is 2.92 bits per heavy atom. The van der Waals surface area contributed by atoms with Gasteiger partial charge in [-0.15, -0.1) is 0 Å². The van der Waals surface area contributed by atoms with E-state index < -0.39 is 5.60 Å². The largest absolute Gasteiger partial charge is 0.363 e. The molecule has 0 aliphatic carbocycles. The summed E-state index contributed by atoms with van der Waals surface area (Å²) in [5, 5.41) is 0.908. The van der Waals surface area contributed by atoms with E-state index >= 15 is 0 Å². The highest BCUT2D eigenvalue weighted by molar-refractivity contribution is 5.85. The van der Waals surface area contributed by atoms with Crippen LogP contribution >= 0.6 is 0 Å². The number of rotatable bonds is 3. The first-order valence-corrected chi connectivity index (χ1v) is 8.15. The Labute approximate surface area is 141 Å². The highest BCUT2D eigenvalue weighted by Crippen LogP contribution is 2.26. The van der Waals surface area contributed by atoms with Gasteiger partial charge in [0.15, 0.2) is 5.60 Å². The molecule has 1 atom stereocenters. The molecule has 5 nitrogen and oxygen atoms in total. The number of nitrogens with zero attached hydrogens (tertiary/aromatic N) is 2. The Balaban J connectivity index is 1.81. The van der Waals surface area contributed by atoms with Crippen LogP contribution in [0.15, 0.2) is 18.2 Å². The van der Waals surface area contributed by atoms with Crippen molar-refractivity contribution in [2.45, 2.75) is 26.0 Å². The van der Waals surface area contributed by atoms with Gasteiger partial charge >= 0.3 is 0 Å². The van der Waals surface area contributed by atoms with E-state index in [0.29, 0.717) is 19.7 Å². The predicted octanol–water partition coefficient (Wildman–Crippen LogP) is 2.29. The van der Waals surface area contributed by atoms with Crippen molar-refractivity contribution in [3.05, 3.63) is 35.3 Å². The number of carbonyl (C=O) groups is 1. The average molecular weight is 333 g/mol. The van der Waals surface area contributed by atoms with E-state index in [2.05, 4.69) is 9.88 Å². The van der Waals surface area contributed by atoms with Gasteiger partial charge in [0.05, 0.1) is 6.61 Å². The second kappa shape index (κ2) is 6.18. The monoisotopic (exact) mass is 333 g/mol. The Kier molecular flexibility index (Phi) is 4.36. The van der Waals surface area contributed by atoms with Crippen molar-refractivity contribution in [1.82, 2.24) is 14.8 Å². The molecule has 1 aliphatic heterocycles. The maximum absolute atomic E-state index is 13.5. The predicted molar refractivity (Wildman–Crippen MR) is 91.3 cm³/mol. The number of hydrogen-bond donors (Lipinski definition) is 1. The molecule has 2 heterocycles. The molecule has 1 fully saturated rings. The number of aromatic amines is 1. The van der Waals surface area contributed by atoms with E-state index in [1.165, 1.54) is 6.07 Å². The van der Waals surface area contributed by atoms with E-state index in [4.69, 9.17) is 4.74 Å². The molecule has 130 valence electrons. The number of H-pyrrole nitrogens is 1. The first-order chi connectivity index (χ1) is 11.3. The normalized spacial score (nSPS) is 22.0. The van der Waals surface area contributed by atoms with Crippen molar-refractivity contribution in [3.63, 3.8) is 0 Å². The van der Waals surface area contributed by atoms with Crippen LogP contribution in [0.3, 0.4) is 0 Å². The Morgan fingerprint density at radius 1 is 1.46 bits per heavy atom. The lowest BCUT2D eigenvalue weighted by atomic mass is 10.0. The summed E-state index contributed by atoms with van der Waals surface area (Å²) in [5.41, 5.74) is 2.21. The molecule has 1 N–H and O–H groups in total. The van der Waals surface area contributed by atoms with Crippen molar-refractivity contribution in [1.29, 1.82) is 0 Å². The second-order valence-electron chi connectivity index (χ2n) is 6.91. The summed E-state index contributed by atoms with van der Waals surface area (Å²) in [6.07, 6.45) is 0. The fourth-order valence-corrected chi connectivity index (χ4v) is 3.43. The molecule has 1 aliphatic rings. The number of ether oxygens (including phenoxy) is 1. The number of morpholine rings is 1. The highest BCUT2D eigenvalue weighted by atomic mass is 19.1. The van der Waals surface area contributed by atoms with Crippen molar-refractivity contribution in [2.75, 3.05) is 33.8 Å². The molecule has 0 radical (unpaired) electrons. The number of aryl methyl sites for hydroxylation is 1. The van der Waals surface area contributed by atoms with Gasteiger partial charge < -0.3 is 14.6 Å². The first-order valence-electron chi connectivity index (χ1n) is 8.15. The molecule has 2 aromatic rings. The third-order valence-corrected chi connectivity index (χ3v) is 4.72. The minimum Gasteiger partial charge on any atom is -0.363 e. The molecule has 1 amide bonds. The molecular weight excluding hydrogens is 309 g/mol. The Morgan fingerprint density at radius 2 is 2.21 bits per heavy atom. The van der Waals surface area contributed by atoms with Crippen LogP contribution < -0.4 is 0 Å². The first kappa shape index (κ1) is 16.9. The van der Waals surface area contributed by atoms with Gasteiger partial charge in [-0.1, -0.05) is 0 Å². The number of halogens is 1. The van der Waals surface area contributed by atoms with Gasteiger partial charge in [-0.25, -0.2) is 4.39 Å². The minimum atomic E-state index is -0.826. The Bertz CT molecular complexity index is 771. The lowest BCUT2D eigenvalue weighted by Crippen LogP contribution is -2.57. The van der Waals surface area contributed by atoms with Crippen molar-refractivity contribution in [3.8, 4) is 0 Å². The summed E-state index contributed by atoms with van der Waals surface area (Å²) in [5.74, 6) is -0.255. The molecular formula is C18H24FN3O2. The summed E-state index contributed by atoms with van der Waals surface area (Å²) >= 11 is 0. The summed E-state index contributed by atoms with van der Waals surface area (Å²) < 4.78 is 19.2. The van der Waals surface area contributed by atoms with Crippen LogP contribution in [-0.4, -0.2) is 60.1 Å². The van der Waals surface area contributed by atoms with Crippen LogP contribution in [0.25, 0.3) is 10.9 Å². The van der Waals surface area contributed by atoms with Gasteiger partial charge in [-0.2, -0.15) is 0 Å². The summed E-state index contributed by atoms with van der Waals surface area (Å²) in [7, 11) is 3.48. The fourth-order valence-electron chi connectivity index (χ4n) is 3.43. The molecule has 0 bridgehead atoms. The topological polar surface area (TPSA) is 48.6 Å². The van der Waals surface area contributed by atoms with E-state index in [0.717, 1.165) is 28.7 Å². The third-order valence-electron chi connectivity index (χ3n) is 4.72. The van der Waals surface area contributed by atoms with E-state index in [1.807, 2.05) is 13.8 Å². The van der Waals surface area contributed by atoms with Crippen LogP contribution in [0, 0.1) is 12.7 Å². The van der Waals surface area contributed by atoms with Crippen molar-refractivity contribution < 1.29 is 13.9 Å². The standard InChI is InChI=1S/C18H24FN3O2/c1-12-14-9-13(19)5-6-15(14)20-16(12)10-22-7-8-24-18(2,11-22)17(23)21(3)4/h5-6,9,20H,7-8,10-11H2,1-4H3/t18-/m0/s1. The van der Waals surface area contributed by atoms with Gasteiger partial charge in [0.2, 0.25) is 0 Å². The van der Waals surface area contributed by atoms with Gasteiger partial charge in [0, 0.05) is 50.3 Å². The van der Waals surface area contributed by atoms with Crippen LogP contribution in [0.5, 0.6) is 0 Å². The number of fused-ring (bicyclic) bond motifs is 1. The molecule has 1 aromatic carbocycles. The highest BCUT2D eigenvalue weighted by Gasteiger charge is 2.40. The van der Waals surface area contributed by atoms with E-state index in [1.54, 1.807) is 31.1 Å². The SMILES string of the molecule is Cc1c(CN2CCO[C@](C)(C(=O)N(C)C)C2)[nH]c2ccc(F)cc12. The number of carbonyl (C=O) groups excluding carboxylic acids is 1. The van der Waals surface area contributed by atoms with Crippen molar-refractivity contribution >= 4 is 16.8 Å². The maximum Gasteiger partial charge on any atom is 0.255 e. The molecule has 6 heteroatoms. The third kappa shape index (κ3) is 3.03. The van der Waals surface area contributed by atoms with Gasteiger partial charge in [-0.05, 0) is 37.6 Å². The van der Waals surface area contributed by atoms with Gasteiger partial charge in [0.1, 0.15) is 5.82 Å². The lowest BCUT2D eigenvalue weighted by Gasteiger charge is -2.40. The smallest absolute Gasteiger partial charge is 0.255 e. The Hall–Kier alpha value is -1.92. The van der Waals surface area contributed by atoms with E-state index in [-0.39, 0.29) is 11.7 Å². The summed E-state index contributed by atoms with van der Waals surface area (Å²) in [4.78, 5) is 19.5. The number of benzene rings is 1. The quantitative estimate of drug-likeness (QED) is 0.938. The average Bonchev–Trinajstić information content (AvgIpc) is 2.83. The number of likely N-dealkylation sites (N-methyl/N-ethyl adjacent to an activating group) is 1. The van der Waals surface area contributed by atoms with Crippen molar-refractivity contribution in [2.24, 2.45) is 0 Å². The molecule has 1 saturated heterocycles. The fraction of sp³-hybridized carbons (Fsp3) is 0.500. The lowest BCUT2D eigenvalue weighted by molar-refractivity contribution is -0.165. The number of nitrogens with one attached hydrogen (secondary N) is 1. The molecule has 24 heavy (non-hydrogen) atoms. The van der Waals surface area contributed by atoms with Crippen LogP contribution in [0.1, 0.15) is 18.2 Å².